The van der Waals surface area contributed by atoms with Gasteiger partial charge in [0.1, 0.15) is 50.1 Å². The van der Waals surface area contributed by atoms with E-state index in [9.17, 15) is 19.8 Å². The molecule has 12 heteroatoms. The number of allylic oxidation sites excluding steroid dienone is 3. The number of amides is 2. The molecule has 38 heavy (non-hydrogen) atoms. The molecule has 1 aromatic carbocycles. The number of benzene rings is 1. The van der Waals surface area contributed by atoms with E-state index in [4.69, 9.17) is 30.6 Å². The van der Waals surface area contributed by atoms with Crippen LogP contribution in [0.4, 0.5) is 0 Å². The summed E-state index contributed by atoms with van der Waals surface area (Å²) in [5, 5.41) is 19.7. The first kappa shape index (κ1) is 32.4. The van der Waals surface area contributed by atoms with Crippen molar-refractivity contribution in [2.45, 2.75) is 32.5 Å². The van der Waals surface area contributed by atoms with Crippen LogP contribution in [0.25, 0.3) is 0 Å². The largest absolute Gasteiger partial charge is 0.491 e. The number of ether oxygens (including phenoxy) is 4. The first-order valence-electron chi connectivity index (χ1n) is 11.7. The summed E-state index contributed by atoms with van der Waals surface area (Å²) in [6, 6.07) is 7.35. The summed E-state index contributed by atoms with van der Waals surface area (Å²) in [4.78, 5) is 22.0. The Kier molecular flexibility index (Phi) is 16.6. The van der Waals surface area contributed by atoms with Gasteiger partial charge in [0.15, 0.2) is 0 Å². The fourth-order valence-corrected chi connectivity index (χ4v) is 2.70. The van der Waals surface area contributed by atoms with Crippen LogP contribution in [0, 0.1) is 11.8 Å². The maximum atomic E-state index is 11.0. The molecule has 12 nitrogen and oxygen atoms in total. The Morgan fingerprint density at radius 1 is 0.974 bits per heavy atom. The smallest absolute Gasteiger partial charge is 0.259 e. The normalized spacial score (nSPS) is 12.2. The van der Waals surface area contributed by atoms with Gasteiger partial charge in [-0.1, -0.05) is 23.8 Å². The summed E-state index contributed by atoms with van der Waals surface area (Å²) in [6.45, 7) is 2.80. The Bertz CT molecular complexity index is 1020. The SMILES string of the molecule is CC#C/C(=C\C=C=C(C)OCC(O)COCC(=O)NN)Cc1ccc(OCC(O)COCC(=O)NN)cc1. The van der Waals surface area contributed by atoms with Crippen molar-refractivity contribution in [2.24, 2.45) is 11.7 Å². The van der Waals surface area contributed by atoms with Crippen LogP contribution in [-0.2, 0) is 30.2 Å². The predicted octanol–water partition coefficient (Wildman–Crippen LogP) is -0.632. The highest BCUT2D eigenvalue weighted by Crippen LogP contribution is 2.15. The topological polar surface area (TPSA) is 188 Å². The molecule has 1 rings (SSSR count). The fourth-order valence-electron chi connectivity index (χ4n) is 2.70. The minimum Gasteiger partial charge on any atom is -0.491 e. The van der Waals surface area contributed by atoms with E-state index in [1.807, 2.05) is 29.1 Å². The van der Waals surface area contributed by atoms with Crippen LogP contribution >= 0.6 is 0 Å². The van der Waals surface area contributed by atoms with E-state index in [2.05, 4.69) is 17.6 Å². The highest BCUT2D eigenvalue weighted by Gasteiger charge is 2.08. The predicted molar refractivity (Wildman–Crippen MR) is 139 cm³/mol. The summed E-state index contributed by atoms with van der Waals surface area (Å²) < 4.78 is 21.0. The lowest BCUT2D eigenvalue weighted by atomic mass is 10.0. The zero-order valence-corrected chi connectivity index (χ0v) is 21.6. The Balaban J connectivity index is 2.54. The van der Waals surface area contributed by atoms with Crippen LogP contribution < -0.4 is 27.3 Å². The Morgan fingerprint density at radius 3 is 2.11 bits per heavy atom. The Labute approximate surface area is 222 Å². The molecule has 2 unspecified atom stereocenters. The van der Waals surface area contributed by atoms with Crippen LogP contribution in [0.15, 0.2) is 53.5 Å². The molecule has 0 aliphatic rings. The number of rotatable bonds is 17. The molecule has 8 N–H and O–H groups in total. The van der Waals surface area contributed by atoms with E-state index in [0.29, 0.717) is 17.9 Å². The van der Waals surface area contributed by atoms with Crippen molar-refractivity contribution in [2.75, 3.05) is 39.6 Å². The molecule has 2 atom stereocenters. The number of hydrogen-bond acceptors (Lipinski definition) is 10. The number of hydrogen-bond donors (Lipinski definition) is 6. The fraction of sp³-hybridized carbons (Fsp3) is 0.423. The van der Waals surface area contributed by atoms with Crippen LogP contribution in [0.3, 0.4) is 0 Å². The third kappa shape index (κ3) is 15.5. The van der Waals surface area contributed by atoms with Gasteiger partial charge in [-0.15, -0.1) is 5.92 Å². The van der Waals surface area contributed by atoms with E-state index in [0.717, 1.165) is 11.1 Å². The van der Waals surface area contributed by atoms with Gasteiger partial charge < -0.3 is 29.2 Å². The van der Waals surface area contributed by atoms with Crippen molar-refractivity contribution < 1.29 is 38.7 Å². The molecular formula is C26H36N4O8. The summed E-state index contributed by atoms with van der Waals surface area (Å²) in [7, 11) is 0. The van der Waals surface area contributed by atoms with Gasteiger partial charge in [-0.3, -0.25) is 20.4 Å². The Hall–Kier alpha value is -3.66. The van der Waals surface area contributed by atoms with Gasteiger partial charge in [-0.25, -0.2) is 11.7 Å². The average Bonchev–Trinajstić information content (AvgIpc) is 2.91. The zero-order valence-electron chi connectivity index (χ0n) is 21.6. The third-order valence-corrected chi connectivity index (χ3v) is 4.52. The number of nitrogens with two attached hydrogens (primary N) is 2. The van der Waals surface area contributed by atoms with E-state index < -0.39 is 24.0 Å². The van der Waals surface area contributed by atoms with E-state index in [1.54, 1.807) is 32.1 Å². The molecule has 0 saturated heterocycles. The van der Waals surface area contributed by atoms with Gasteiger partial charge >= 0.3 is 0 Å². The molecule has 0 spiro atoms. The van der Waals surface area contributed by atoms with Crippen molar-refractivity contribution in [1.29, 1.82) is 0 Å². The number of nitrogens with one attached hydrogen (secondary N) is 2. The molecule has 0 radical (unpaired) electrons. The second kappa shape index (κ2) is 19.5. The summed E-state index contributed by atoms with van der Waals surface area (Å²) >= 11 is 0. The van der Waals surface area contributed by atoms with Crippen LogP contribution in [0.1, 0.15) is 19.4 Å². The van der Waals surface area contributed by atoms with Crippen molar-refractivity contribution in [3.8, 4) is 17.6 Å². The molecule has 2 amide bonds. The van der Waals surface area contributed by atoms with Gasteiger partial charge in [-0.05, 0) is 36.8 Å². The minimum atomic E-state index is -0.914. The number of hydrazine groups is 2. The molecule has 208 valence electrons. The third-order valence-electron chi connectivity index (χ3n) is 4.52. The molecule has 1 aromatic rings. The number of aliphatic hydroxyl groups excluding tert-OH is 2. The lowest BCUT2D eigenvalue weighted by Crippen LogP contribution is -2.34. The molecule has 0 bridgehead atoms. The molecule has 0 aromatic heterocycles. The summed E-state index contributed by atoms with van der Waals surface area (Å²) in [5.74, 6) is 15.9. The maximum Gasteiger partial charge on any atom is 0.259 e. The van der Waals surface area contributed by atoms with Crippen molar-refractivity contribution >= 4 is 11.8 Å². The van der Waals surface area contributed by atoms with Gasteiger partial charge in [0.05, 0.1) is 13.2 Å². The monoisotopic (exact) mass is 532 g/mol. The zero-order chi connectivity index (χ0) is 28.2. The minimum absolute atomic E-state index is 0.00407. The lowest BCUT2D eigenvalue weighted by Gasteiger charge is -2.13. The number of carbonyl (C=O) groups excluding carboxylic acids is 2. The average molecular weight is 533 g/mol. The Morgan fingerprint density at radius 2 is 1.55 bits per heavy atom. The first-order valence-corrected chi connectivity index (χ1v) is 11.7. The lowest BCUT2D eigenvalue weighted by molar-refractivity contribution is -0.127. The van der Waals surface area contributed by atoms with Crippen molar-refractivity contribution in [1.82, 2.24) is 10.9 Å². The molecular weight excluding hydrogens is 496 g/mol. The van der Waals surface area contributed by atoms with Crippen molar-refractivity contribution in [3.05, 3.63) is 59.0 Å². The highest BCUT2D eigenvalue weighted by molar-refractivity contribution is 5.76. The van der Waals surface area contributed by atoms with Crippen LogP contribution in [0.2, 0.25) is 0 Å². The van der Waals surface area contributed by atoms with Gasteiger partial charge in [0.25, 0.3) is 11.8 Å². The molecule has 0 saturated carbocycles. The summed E-state index contributed by atoms with van der Waals surface area (Å²) in [6.07, 6.45) is 2.26. The van der Waals surface area contributed by atoms with Crippen LogP contribution in [0.5, 0.6) is 5.75 Å². The van der Waals surface area contributed by atoms with Gasteiger partial charge in [0, 0.05) is 18.9 Å². The standard InChI is InChI=1S/C26H36N4O8/c1-3-5-20(7-4-6-19(2)37-15-22(31)13-35-17-25(33)29-27)12-21-8-10-24(11-9-21)38-16-23(32)14-36-18-26(34)30-28/h4,7-11,22-23,31-32H,12-18,27-28H2,1-2H3,(H,29,33)(H,30,34)/b20-7+. The highest BCUT2D eigenvalue weighted by atomic mass is 16.5. The molecule has 0 heterocycles. The summed E-state index contributed by atoms with van der Waals surface area (Å²) in [5.41, 5.74) is 8.67. The van der Waals surface area contributed by atoms with Crippen molar-refractivity contribution in [3.63, 3.8) is 0 Å². The molecule has 0 aliphatic carbocycles. The maximum absolute atomic E-state index is 11.0. The van der Waals surface area contributed by atoms with Crippen LogP contribution in [-0.4, -0.2) is 73.9 Å². The van der Waals surface area contributed by atoms with E-state index >= 15 is 0 Å². The van der Waals surface area contributed by atoms with Gasteiger partial charge in [-0.2, -0.15) is 0 Å². The second-order valence-electron chi connectivity index (χ2n) is 7.85. The van der Waals surface area contributed by atoms with E-state index in [1.165, 1.54) is 0 Å². The molecule has 0 aliphatic heterocycles. The van der Waals surface area contributed by atoms with Gasteiger partial charge in [0.2, 0.25) is 0 Å². The second-order valence-corrected chi connectivity index (χ2v) is 7.85. The quantitative estimate of drug-likeness (QED) is 0.0287. The van der Waals surface area contributed by atoms with E-state index in [-0.39, 0.29) is 39.6 Å². The first-order chi connectivity index (χ1) is 18.3. The molecule has 0 fully saturated rings. The number of carbonyl (C=O) groups is 2. The number of aliphatic hydroxyl groups is 2.